The topological polar surface area (TPSA) is 47.9 Å². The first-order chi connectivity index (χ1) is 8.91. The third-order valence-corrected chi connectivity index (χ3v) is 2.66. The molecule has 0 saturated heterocycles. The monoisotopic (exact) mass is 276 g/mol. The zero-order valence-corrected chi connectivity index (χ0v) is 13.2. The molecular weight excluding hydrogens is 244 g/mol. The minimum atomic E-state index is -0.427. The van der Waals surface area contributed by atoms with E-state index < -0.39 is 6.10 Å². The summed E-state index contributed by atoms with van der Waals surface area (Å²) in [5.74, 6) is 0.740. The molecule has 0 aromatic rings. The lowest BCUT2D eigenvalue weighted by Crippen LogP contribution is -2.25. The Bertz CT molecular complexity index is 195. The Morgan fingerprint density at radius 1 is 0.842 bits per heavy atom. The first-order valence-corrected chi connectivity index (χ1v) is 7.40. The average molecular weight is 276 g/mol. The van der Waals surface area contributed by atoms with Gasteiger partial charge in [0.2, 0.25) is 0 Å². The van der Waals surface area contributed by atoms with Crippen LogP contribution in [-0.2, 0) is 14.2 Å². The van der Waals surface area contributed by atoms with Crippen molar-refractivity contribution in [2.75, 3.05) is 26.4 Å². The highest BCUT2D eigenvalue weighted by molar-refractivity contribution is 4.54. The van der Waals surface area contributed by atoms with Crippen LogP contribution in [0.2, 0.25) is 0 Å². The summed E-state index contributed by atoms with van der Waals surface area (Å²) in [5, 5.41) is 9.10. The van der Waals surface area contributed by atoms with Crippen molar-refractivity contribution in [1.29, 1.82) is 0 Å². The lowest BCUT2D eigenvalue weighted by Gasteiger charge is -2.18. The Morgan fingerprint density at radius 3 is 2.00 bits per heavy atom. The predicted octanol–water partition coefficient (Wildman–Crippen LogP) is 2.63. The summed E-state index contributed by atoms with van der Waals surface area (Å²) in [7, 11) is 0. The molecule has 4 nitrogen and oxygen atoms in total. The van der Waals surface area contributed by atoms with Crippen molar-refractivity contribution in [3.8, 4) is 0 Å². The Balaban J connectivity index is 3.40. The zero-order valence-electron chi connectivity index (χ0n) is 13.2. The van der Waals surface area contributed by atoms with E-state index in [1.807, 2.05) is 13.8 Å². The number of aliphatic hydroxyl groups is 1. The molecule has 0 heterocycles. The summed E-state index contributed by atoms with van der Waals surface area (Å²) in [6, 6.07) is 0. The van der Waals surface area contributed by atoms with Crippen molar-refractivity contribution in [3.63, 3.8) is 0 Å². The molecule has 1 N–H and O–H groups in total. The van der Waals surface area contributed by atoms with Gasteiger partial charge in [-0.2, -0.15) is 0 Å². The van der Waals surface area contributed by atoms with Crippen LogP contribution in [0.1, 0.15) is 47.5 Å². The largest absolute Gasteiger partial charge is 0.391 e. The van der Waals surface area contributed by atoms with Crippen LogP contribution in [0, 0.1) is 5.92 Å². The van der Waals surface area contributed by atoms with Crippen molar-refractivity contribution in [2.24, 2.45) is 5.92 Å². The second kappa shape index (κ2) is 11.6. The van der Waals surface area contributed by atoms with Gasteiger partial charge in [0.25, 0.3) is 0 Å². The highest BCUT2D eigenvalue weighted by Crippen LogP contribution is 2.04. The molecule has 4 heteroatoms. The van der Waals surface area contributed by atoms with Crippen LogP contribution in [0.15, 0.2) is 0 Å². The first kappa shape index (κ1) is 18.8. The molecule has 0 bridgehead atoms. The molecule has 3 atom stereocenters. The maximum atomic E-state index is 9.10. The van der Waals surface area contributed by atoms with Crippen LogP contribution in [0.5, 0.6) is 0 Å². The normalized spacial score (nSPS) is 16.6. The molecule has 0 radical (unpaired) electrons. The number of ether oxygens (including phenoxy) is 3. The zero-order chi connectivity index (χ0) is 14.7. The summed E-state index contributed by atoms with van der Waals surface area (Å²) in [6.07, 6.45) is 1.97. The summed E-state index contributed by atoms with van der Waals surface area (Å²) in [4.78, 5) is 0. The Hall–Kier alpha value is -0.160. The third-order valence-electron chi connectivity index (χ3n) is 2.66. The smallest absolute Gasteiger partial charge is 0.0781 e. The van der Waals surface area contributed by atoms with Crippen LogP contribution >= 0.6 is 0 Å². The number of hydrogen-bond donors (Lipinski definition) is 1. The highest BCUT2D eigenvalue weighted by Gasteiger charge is 2.08. The van der Waals surface area contributed by atoms with Gasteiger partial charge in [-0.25, -0.2) is 0 Å². The maximum absolute atomic E-state index is 9.10. The predicted molar refractivity (Wildman–Crippen MR) is 77.4 cm³/mol. The maximum Gasteiger partial charge on any atom is 0.0781 e. The van der Waals surface area contributed by atoms with Gasteiger partial charge in [0.1, 0.15) is 0 Å². The molecular formula is C15H32O4. The van der Waals surface area contributed by atoms with Crippen molar-refractivity contribution < 1.29 is 19.3 Å². The van der Waals surface area contributed by atoms with Gasteiger partial charge in [-0.15, -0.1) is 0 Å². The van der Waals surface area contributed by atoms with E-state index in [1.54, 1.807) is 6.92 Å². The fourth-order valence-electron chi connectivity index (χ4n) is 1.54. The standard InChI is InChI=1S/C15H32O4/c1-12(2)7-6-8-17-10-14(4)19-11-15(5)18-9-13(3)16/h12-16H,6-11H2,1-5H3. The fourth-order valence-corrected chi connectivity index (χ4v) is 1.54. The Kier molecular flexibility index (Phi) is 11.6. The van der Waals surface area contributed by atoms with Gasteiger partial charge < -0.3 is 19.3 Å². The first-order valence-electron chi connectivity index (χ1n) is 7.40. The van der Waals surface area contributed by atoms with Crippen LogP contribution in [-0.4, -0.2) is 49.8 Å². The van der Waals surface area contributed by atoms with Crippen LogP contribution in [0.3, 0.4) is 0 Å². The average Bonchev–Trinajstić information content (AvgIpc) is 2.33. The molecule has 0 aliphatic carbocycles. The van der Waals surface area contributed by atoms with E-state index in [1.165, 1.54) is 6.42 Å². The molecule has 19 heavy (non-hydrogen) atoms. The van der Waals surface area contributed by atoms with Gasteiger partial charge in [0.05, 0.1) is 38.1 Å². The van der Waals surface area contributed by atoms with E-state index >= 15 is 0 Å². The lowest BCUT2D eigenvalue weighted by molar-refractivity contribution is -0.0702. The van der Waals surface area contributed by atoms with E-state index in [4.69, 9.17) is 19.3 Å². The minimum Gasteiger partial charge on any atom is -0.391 e. The van der Waals surface area contributed by atoms with Crippen LogP contribution in [0.25, 0.3) is 0 Å². The molecule has 0 rings (SSSR count). The molecule has 0 spiro atoms. The highest BCUT2D eigenvalue weighted by atomic mass is 16.6. The number of rotatable bonds is 12. The van der Waals surface area contributed by atoms with Gasteiger partial charge in [0.15, 0.2) is 0 Å². The van der Waals surface area contributed by atoms with Crippen LogP contribution in [0.4, 0.5) is 0 Å². The lowest BCUT2D eigenvalue weighted by atomic mass is 10.1. The SMILES string of the molecule is CC(C)CCCOCC(C)OCC(C)OCC(C)O. The summed E-state index contributed by atoms with van der Waals surface area (Å²) in [6.45, 7) is 12.4. The third kappa shape index (κ3) is 14.1. The van der Waals surface area contributed by atoms with Gasteiger partial charge in [-0.1, -0.05) is 13.8 Å². The van der Waals surface area contributed by atoms with Crippen molar-refractivity contribution in [3.05, 3.63) is 0 Å². The van der Waals surface area contributed by atoms with Crippen molar-refractivity contribution >= 4 is 0 Å². The van der Waals surface area contributed by atoms with Gasteiger partial charge in [0, 0.05) is 6.61 Å². The van der Waals surface area contributed by atoms with Crippen LogP contribution < -0.4 is 0 Å². The molecule has 0 aliphatic rings. The van der Waals surface area contributed by atoms with Gasteiger partial charge >= 0.3 is 0 Å². The molecule has 0 aromatic carbocycles. The molecule has 116 valence electrons. The van der Waals surface area contributed by atoms with E-state index in [0.717, 1.165) is 18.9 Å². The van der Waals surface area contributed by atoms with E-state index in [2.05, 4.69) is 13.8 Å². The fraction of sp³-hybridized carbons (Fsp3) is 1.00. The Morgan fingerprint density at radius 2 is 1.42 bits per heavy atom. The summed E-state index contributed by atoms with van der Waals surface area (Å²) < 4.78 is 16.6. The quantitative estimate of drug-likeness (QED) is 0.557. The molecule has 0 aromatic heterocycles. The second-order valence-electron chi connectivity index (χ2n) is 5.75. The van der Waals surface area contributed by atoms with E-state index in [-0.39, 0.29) is 12.2 Å². The second-order valence-corrected chi connectivity index (χ2v) is 5.75. The summed E-state index contributed by atoms with van der Waals surface area (Å²) >= 11 is 0. The van der Waals surface area contributed by atoms with Gasteiger partial charge in [-0.3, -0.25) is 0 Å². The molecule has 0 amide bonds. The molecule has 0 fully saturated rings. The molecule has 0 aliphatic heterocycles. The van der Waals surface area contributed by atoms with Crippen molar-refractivity contribution in [1.82, 2.24) is 0 Å². The summed E-state index contributed by atoms with van der Waals surface area (Å²) in [5.41, 5.74) is 0. The van der Waals surface area contributed by atoms with E-state index in [0.29, 0.717) is 19.8 Å². The molecule has 0 saturated carbocycles. The Labute approximate surface area is 118 Å². The number of hydrogen-bond acceptors (Lipinski definition) is 4. The van der Waals surface area contributed by atoms with Crippen molar-refractivity contribution in [2.45, 2.75) is 65.8 Å². The van der Waals surface area contributed by atoms with E-state index in [9.17, 15) is 0 Å². The number of aliphatic hydroxyl groups excluding tert-OH is 1. The minimum absolute atomic E-state index is 0.00186. The molecule has 3 unspecified atom stereocenters. The van der Waals surface area contributed by atoms with Gasteiger partial charge in [-0.05, 0) is 39.5 Å².